The third kappa shape index (κ3) is 4.35. The standard InChI is InChI=1S/C22H26F3N5O2/c1-4-16-10-17(22(23,24)25)18-19(28-32-20(18)26-16)15-6-5-8-29(12-15)21(31)13(2)11-30-9-7-14(3)27-30/h7,9-10,13,15H,4-6,8,11-12H2,1-3H3/t13-,15+/m1/s1. The second-order valence-electron chi connectivity index (χ2n) is 8.46. The first kappa shape index (κ1) is 22.3. The molecule has 10 heteroatoms. The number of nitrogens with zero attached hydrogens (tertiary/aromatic N) is 5. The van der Waals surface area contributed by atoms with Gasteiger partial charge in [-0.15, -0.1) is 0 Å². The van der Waals surface area contributed by atoms with Crippen LogP contribution in [0.1, 0.15) is 55.3 Å². The van der Waals surface area contributed by atoms with E-state index in [2.05, 4.69) is 15.2 Å². The lowest BCUT2D eigenvalue weighted by molar-refractivity contribution is -0.137. The number of pyridine rings is 1. The molecule has 2 atom stereocenters. The summed E-state index contributed by atoms with van der Waals surface area (Å²) in [5, 5.41) is 8.22. The van der Waals surface area contributed by atoms with Gasteiger partial charge in [-0.2, -0.15) is 18.3 Å². The molecule has 32 heavy (non-hydrogen) atoms. The van der Waals surface area contributed by atoms with Gasteiger partial charge in [0.1, 0.15) is 0 Å². The molecule has 4 rings (SSSR count). The number of carbonyl (C=O) groups excluding carboxylic acids is 1. The number of hydrogen-bond donors (Lipinski definition) is 0. The molecule has 0 N–H and O–H groups in total. The fourth-order valence-electron chi connectivity index (χ4n) is 4.34. The van der Waals surface area contributed by atoms with E-state index in [0.29, 0.717) is 44.6 Å². The van der Waals surface area contributed by atoms with E-state index in [1.54, 1.807) is 16.5 Å². The molecular formula is C22H26F3N5O2. The van der Waals surface area contributed by atoms with Gasteiger partial charge in [0.05, 0.1) is 34.8 Å². The van der Waals surface area contributed by atoms with Crippen molar-refractivity contribution in [3.8, 4) is 0 Å². The van der Waals surface area contributed by atoms with Crippen LogP contribution in [-0.2, 0) is 23.9 Å². The first-order valence-electron chi connectivity index (χ1n) is 10.8. The Morgan fingerprint density at radius 3 is 2.81 bits per heavy atom. The summed E-state index contributed by atoms with van der Waals surface area (Å²) in [6.07, 6.45) is -1.05. The number of rotatable bonds is 5. The van der Waals surface area contributed by atoms with Crippen molar-refractivity contribution in [3.05, 3.63) is 41.0 Å². The van der Waals surface area contributed by atoms with Crippen molar-refractivity contribution < 1.29 is 22.5 Å². The minimum Gasteiger partial charge on any atom is -0.342 e. The summed E-state index contributed by atoms with van der Waals surface area (Å²) < 4.78 is 48.4. The average Bonchev–Trinajstić information content (AvgIpc) is 3.37. The number of aryl methyl sites for hydroxylation is 2. The minimum absolute atomic E-state index is 0.0434. The summed E-state index contributed by atoms with van der Waals surface area (Å²) in [7, 11) is 0. The minimum atomic E-state index is -4.55. The Kier molecular flexibility index (Phi) is 5.96. The molecule has 0 aromatic carbocycles. The first-order chi connectivity index (χ1) is 15.2. The molecular weight excluding hydrogens is 423 g/mol. The van der Waals surface area contributed by atoms with Crippen molar-refractivity contribution in [2.24, 2.45) is 5.92 Å². The van der Waals surface area contributed by atoms with Gasteiger partial charge in [-0.3, -0.25) is 9.48 Å². The lowest BCUT2D eigenvalue weighted by Gasteiger charge is -2.33. The predicted molar refractivity (Wildman–Crippen MR) is 111 cm³/mol. The van der Waals surface area contributed by atoms with E-state index >= 15 is 0 Å². The number of piperidine rings is 1. The Hall–Kier alpha value is -2.91. The number of hydrogen-bond acceptors (Lipinski definition) is 5. The van der Waals surface area contributed by atoms with Crippen LogP contribution < -0.4 is 0 Å². The largest absolute Gasteiger partial charge is 0.417 e. The molecule has 1 fully saturated rings. The van der Waals surface area contributed by atoms with Gasteiger partial charge in [0, 0.05) is 30.9 Å². The van der Waals surface area contributed by atoms with Gasteiger partial charge in [0.15, 0.2) is 0 Å². The molecule has 0 spiro atoms. The maximum absolute atomic E-state index is 13.8. The second-order valence-corrected chi connectivity index (χ2v) is 8.46. The highest BCUT2D eigenvalue weighted by Crippen LogP contribution is 2.40. The molecule has 0 radical (unpaired) electrons. The number of aromatic nitrogens is 4. The zero-order valence-corrected chi connectivity index (χ0v) is 18.3. The van der Waals surface area contributed by atoms with Crippen LogP contribution in [0, 0.1) is 12.8 Å². The molecule has 1 saturated heterocycles. The van der Waals surface area contributed by atoms with E-state index < -0.39 is 11.7 Å². The molecule has 1 amide bonds. The lowest BCUT2D eigenvalue weighted by Crippen LogP contribution is -2.42. The van der Waals surface area contributed by atoms with E-state index in [4.69, 9.17) is 4.52 Å². The average molecular weight is 449 g/mol. The number of likely N-dealkylation sites (tertiary alicyclic amines) is 1. The van der Waals surface area contributed by atoms with E-state index in [-0.39, 0.29) is 34.5 Å². The first-order valence-corrected chi connectivity index (χ1v) is 10.8. The second kappa shape index (κ2) is 8.55. The number of amides is 1. The number of alkyl halides is 3. The number of carbonyl (C=O) groups is 1. The van der Waals surface area contributed by atoms with Crippen molar-refractivity contribution >= 4 is 17.0 Å². The van der Waals surface area contributed by atoms with Crippen molar-refractivity contribution in [1.29, 1.82) is 0 Å². The fourth-order valence-corrected chi connectivity index (χ4v) is 4.34. The highest BCUT2D eigenvalue weighted by atomic mass is 19.4. The quantitative estimate of drug-likeness (QED) is 0.579. The molecule has 1 aliphatic rings. The van der Waals surface area contributed by atoms with Gasteiger partial charge in [0.2, 0.25) is 5.91 Å². The predicted octanol–water partition coefficient (Wildman–Crippen LogP) is 4.35. The molecule has 172 valence electrons. The Morgan fingerprint density at radius 1 is 1.38 bits per heavy atom. The highest BCUT2D eigenvalue weighted by Gasteiger charge is 2.38. The summed E-state index contributed by atoms with van der Waals surface area (Å²) in [5.41, 5.74) is 0.533. The van der Waals surface area contributed by atoms with Crippen LogP contribution in [0.25, 0.3) is 11.1 Å². The molecule has 0 saturated carbocycles. The van der Waals surface area contributed by atoms with Crippen molar-refractivity contribution in [2.75, 3.05) is 13.1 Å². The molecule has 7 nitrogen and oxygen atoms in total. The van der Waals surface area contributed by atoms with Crippen LogP contribution in [0.2, 0.25) is 0 Å². The monoisotopic (exact) mass is 449 g/mol. The van der Waals surface area contributed by atoms with E-state index in [1.807, 2.05) is 26.1 Å². The van der Waals surface area contributed by atoms with Crippen molar-refractivity contribution in [2.45, 2.75) is 58.7 Å². The lowest BCUT2D eigenvalue weighted by atomic mass is 9.91. The molecule has 4 heterocycles. The van der Waals surface area contributed by atoms with Gasteiger partial charge >= 0.3 is 6.18 Å². The van der Waals surface area contributed by atoms with Gasteiger partial charge in [-0.05, 0) is 38.3 Å². The van der Waals surface area contributed by atoms with E-state index in [1.165, 1.54) is 0 Å². The molecule has 0 unspecified atom stereocenters. The van der Waals surface area contributed by atoms with Gasteiger partial charge in [-0.1, -0.05) is 19.0 Å². The molecule has 3 aromatic rings. The number of fused-ring (bicyclic) bond motifs is 1. The zero-order chi connectivity index (χ0) is 23.0. The van der Waals surface area contributed by atoms with Gasteiger partial charge in [-0.25, -0.2) is 4.98 Å². The van der Waals surface area contributed by atoms with Crippen LogP contribution in [0.4, 0.5) is 13.2 Å². The summed E-state index contributed by atoms with van der Waals surface area (Å²) in [6.45, 7) is 6.78. The Balaban J connectivity index is 1.58. The van der Waals surface area contributed by atoms with Crippen LogP contribution in [-0.4, -0.2) is 43.8 Å². The van der Waals surface area contributed by atoms with E-state index in [0.717, 1.165) is 11.8 Å². The topological polar surface area (TPSA) is 77.0 Å². The summed E-state index contributed by atoms with van der Waals surface area (Å²) >= 11 is 0. The zero-order valence-electron chi connectivity index (χ0n) is 18.3. The fraction of sp³-hybridized carbons (Fsp3) is 0.545. The van der Waals surface area contributed by atoms with Crippen LogP contribution in [0.5, 0.6) is 0 Å². The maximum atomic E-state index is 13.8. The summed E-state index contributed by atoms with van der Waals surface area (Å²) in [6, 6.07) is 2.95. The Bertz CT molecular complexity index is 1120. The van der Waals surface area contributed by atoms with Crippen molar-refractivity contribution in [1.82, 2.24) is 24.8 Å². The normalized spacial score (nSPS) is 18.3. The third-order valence-corrected chi connectivity index (χ3v) is 5.97. The third-order valence-electron chi connectivity index (χ3n) is 5.97. The molecule has 1 aliphatic heterocycles. The maximum Gasteiger partial charge on any atom is 0.417 e. The Labute approximate surface area is 183 Å². The number of halogens is 3. The van der Waals surface area contributed by atoms with Crippen LogP contribution >= 0.6 is 0 Å². The SMILES string of the molecule is CCc1cc(C(F)(F)F)c2c([C@H]3CCCN(C(=O)[C@H](C)Cn4ccc(C)n4)C3)noc2n1. The van der Waals surface area contributed by atoms with E-state index in [9.17, 15) is 18.0 Å². The van der Waals surface area contributed by atoms with Crippen LogP contribution in [0.15, 0.2) is 22.9 Å². The molecule has 0 aliphatic carbocycles. The summed E-state index contributed by atoms with van der Waals surface area (Å²) in [4.78, 5) is 19.0. The van der Waals surface area contributed by atoms with Crippen LogP contribution in [0.3, 0.4) is 0 Å². The van der Waals surface area contributed by atoms with Gasteiger partial charge < -0.3 is 9.42 Å². The summed E-state index contributed by atoms with van der Waals surface area (Å²) in [5.74, 6) is -0.691. The molecule has 0 bridgehead atoms. The van der Waals surface area contributed by atoms with Crippen molar-refractivity contribution in [3.63, 3.8) is 0 Å². The van der Waals surface area contributed by atoms with Gasteiger partial charge in [0.25, 0.3) is 5.71 Å². The molecule has 3 aromatic heterocycles. The highest BCUT2D eigenvalue weighted by molar-refractivity contribution is 5.82. The Morgan fingerprint density at radius 2 is 2.16 bits per heavy atom. The smallest absolute Gasteiger partial charge is 0.342 e.